The van der Waals surface area contributed by atoms with Crippen LogP contribution in [0.5, 0.6) is 0 Å². The molecule has 5 N–H and O–H groups in total. The summed E-state index contributed by atoms with van der Waals surface area (Å²) in [7, 11) is 0. The first-order chi connectivity index (χ1) is 13.9. The van der Waals surface area contributed by atoms with Crippen LogP contribution in [-0.4, -0.2) is 48.0 Å². The van der Waals surface area contributed by atoms with Gasteiger partial charge in [0.15, 0.2) is 0 Å². The molecule has 0 unspecified atom stereocenters. The average molecular weight is 661 g/mol. The third-order valence-electron chi connectivity index (χ3n) is 4.07. The lowest BCUT2D eigenvalue weighted by Gasteiger charge is -2.07. The highest BCUT2D eigenvalue weighted by molar-refractivity contribution is 9.13. The topological polar surface area (TPSA) is 102 Å². The maximum Gasteiger partial charge on any atom is 0.267 e. The van der Waals surface area contributed by atoms with Crippen LogP contribution < -0.4 is 16.0 Å². The lowest BCUT2D eigenvalue weighted by atomic mass is 10.2. The minimum absolute atomic E-state index is 0.101. The van der Waals surface area contributed by atoms with Crippen molar-refractivity contribution in [1.29, 1.82) is 0 Å². The third-order valence-corrected chi connectivity index (χ3v) is 7.64. The van der Waals surface area contributed by atoms with Crippen molar-refractivity contribution in [3.8, 4) is 0 Å². The summed E-state index contributed by atoms with van der Waals surface area (Å²) in [5.74, 6) is -0.215. The quantitative estimate of drug-likeness (QED) is 0.214. The molecule has 0 saturated carbocycles. The molecule has 0 fully saturated rings. The van der Waals surface area contributed by atoms with E-state index in [1.54, 1.807) is 12.1 Å². The van der Waals surface area contributed by atoms with E-state index in [0.29, 0.717) is 24.5 Å². The zero-order chi connectivity index (χ0) is 21.2. The van der Waals surface area contributed by atoms with Crippen molar-refractivity contribution in [2.24, 2.45) is 0 Å². The zero-order valence-electron chi connectivity index (χ0n) is 15.6. The van der Waals surface area contributed by atoms with Gasteiger partial charge < -0.3 is 25.9 Å². The number of halogens is 4. The fourth-order valence-corrected chi connectivity index (χ4v) is 3.85. The van der Waals surface area contributed by atoms with Gasteiger partial charge in [-0.05, 0) is 108 Å². The molecule has 11 heteroatoms. The van der Waals surface area contributed by atoms with Gasteiger partial charge in [-0.1, -0.05) is 6.42 Å². The van der Waals surface area contributed by atoms with Crippen molar-refractivity contribution in [2.75, 3.05) is 26.2 Å². The van der Waals surface area contributed by atoms with Crippen LogP contribution in [0.1, 0.15) is 46.7 Å². The molecule has 0 atom stereocenters. The minimum atomic E-state index is -0.113. The molecule has 2 heterocycles. The van der Waals surface area contributed by atoms with Gasteiger partial charge in [-0.25, -0.2) is 0 Å². The van der Waals surface area contributed by atoms with E-state index in [-0.39, 0.29) is 11.8 Å². The lowest BCUT2D eigenvalue weighted by molar-refractivity contribution is 0.0940. The summed E-state index contributed by atoms with van der Waals surface area (Å²) in [6.45, 7) is 3.06. The fraction of sp³-hybridized carbons (Fsp3) is 0.444. The van der Waals surface area contributed by atoms with Gasteiger partial charge in [-0.2, -0.15) is 0 Å². The number of unbranched alkanes of at least 4 members (excludes halogenated alkanes) is 2. The van der Waals surface area contributed by atoms with Crippen molar-refractivity contribution >= 4 is 75.5 Å². The van der Waals surface area contributed by atoms with E-state index in [2.05, 4.69) is 89.6 Å². The molecule has 2 rings (SSSR count). The molecule has 160 valence electrons. The zero-order valence-corrected chi connectivity index (χ0v) is 22.0. The predicted octanol–water partition coefficient (Wildman–Crippen LogP) is 4.70. The third kappa shape index (κ3) is 8.56. The first kappa shape index (κ1) is 24.6. The maximum absolute atomic E-state index is 12.0. The molecule has 0 spiro atoms. The van der Waals surface area contributed by atoms with Gasteiger partial charge >= 0.3 is 0 Å². The monoisotopic (exact) mass is 657 g/mol. The van der Waals surface area contributed by atoms with E-state index in [4.69, 9.17) is 0 Å². The van der Waals surface area contributed by atoms with E-state index in [0.717, 1.165) is 56.9 Å². The number of nitrogens with one attached hydrogen (secondary N) is 5. The highest BCUT2D eigenvalue weighted by atomic mass is 79.9. The van der Waals surface area contributed by atoms with E-state index in [9.17, 15) is 9.59 Å². The SMILES string of the molecule is O=C(NCCCCCNCCCNC(=O)c1cc(Br)c(Br)[nH]1)c1cc(Br)c(Br)[nH]1. The van der Waals surface area contributed by atoms with Crippen LogP contribution in [-0.2, 0) is 0 Å². The number of H-pyrrole nitrogens is 2. The Morgan fingerprint density at radius 2 is 1.14 bits per heavy atom. The van der Waals surface area contributed by atoms with E-state index < -0.39 is 0 Å². The summed E-state index contributed by atoms with van der Waals surface area (Å²) in [4.78, 5) is 29.9. The van der Waals surface area contributed by atoms with E-state index in [1.165, 1.54) is 0 Å². The smallest absolute Gasteiger partial charge is 0.267 e. The second-order valence-electron chi connectivity index (χ2n) is 6.37. The minimum Gasteiger partial charge on any atom is -0.351 e. The molecular weight excluding hydrogens is 638 g/mol. The standard InChI is InChI=1S/C18H23Br4N5O2/c19-11-9-13(26-15(11)21)17(28)24-7-3-1-2-5-23-6-4-8-25-18(29)14-10-12(20)16(22)27-14/h9-10,23,26-27H,1-8H2,(H,24,28)(H,25,29). The van der Waals surface area contributed by atoms with E-state index >= 15 is 0 Å². The lowest BCUT2D eigenvalue weighted by Crippen LogP contribution is -2.28. The van der Waals surface area contributed by atoms with Gasteiger partial charge in [0.1, 0.15) is 11.4 Å². The molecule has 2 aromatic rings. The molecular formula is C18H23Br4N5O2. The van der Waals surface area contributed by atoms with Crippen molar-refractivity contribution in [3.63, 3.8) is 0 Å². The number of amides is 2. The Labute approximate surface area is 203 Å². The van der Waals surface area contributed by atoms with Crippen LogP contribution in [0.15, 0.2) is 30.3 Å². The van der Waals surface area contributed by atoms with Crippen LogP contribution in [0, 0.1) is 0 Å². The number of aromatic nitrogens is 2. The molecule has 2 aromatic heterocycles. The first-order valence-corrected chi connectivity index (χ1v) is 12.4. The molecule has 7 nitrogen and oxygen atoms in total. The first-order valence-electron chi connectivity index (χ1n) is 9.23. The van der Waals surface area contributed by atoms with Crippen molar-refractivity contribution in [1.82, 2.24) is 25.9 Å². The highest BCUT2D eigenvalue weighted by Crippen LogP contribution is 2.23. The van der Waals surface area contributed by atoms with Gasteiger partial charge in [-0.3, -0.25) is 9.59 Å². The summed E-state index contributed by atoms with van der Waals surface area (Å²) in [6.07, 6.45) is 3.89. The Balaban J connectivity index is 1.42. The number of hydrogen-bond donors (Lipinski definition) is 5. The van der Waals surface area contributed by atoms with Gasteiger partial charge in [0.2, 0.25) is 0 Å². The Hall–Kier alpha value is -0.620. The molecule has 2 amide bonds. The number of carbonyl (C=O) groups excluding carboxylic acids is 2. The van der Waals surface area contributed by atoms with Gasteiger partial charge in [-0.15, -0.1) is 0 Å². The largest absolute Gasteiger partial charge is 0.351 e. The maximum atomic E-state index is 12.0. The molecule has 0 aliphatic carbocycles. The Bertz CT molecular complexity index is 716. The summed E-state index contributed by atoms with van der Waals surface area (Å²) in [6, 6.07) is 3.50. The molecule has 0 bridgehead atoms. The molecule has 0 aliphatic heterocycles. The predicted molar refractivity (Wildman–Crippen MR) is 128 cm³/mol. The highest BCUT2D eigenvalue weighted by Gasteiger charge is 2.11. The van der Waals surface area contributed by atoms with Crippen molar-refractivity contribution in [3.05, 3.63) is 41.7 Å². The van der Waals surface area contributed by atoms with Crippen LogP contribution in [0.3, 0.4) is 0 Å². The molecule has 29 heavy (non-hydrogen) atoms. The van der Waals surface area contributed by atoms with Crippen LogP contribution in [0.4, 0.5) is 0 Å². The number of rotatable bonds is 12. The van der Waals surface area contributed by atoms with E-state index in [1.807, 2.05) is 0 Å². The van der Waals surface area contributed by atoms with Crippen LogP contribution in [0.2, 0.25) is 0 Å². The van der Waals surface area contributed by atoms with Crippen molar-refractivity contribution < 1.29 is 9.59 Å². The average Bonchev–Trinajstić information content (AvgIpc) is 3.21. The second-order valence-corrected chi connectivity index (χ2v) is 9.66. The Morgan fingerprint density at radius 3 is 1.62 bits per heavy atom. The van der Waals surface area contributed by atoms with Gasteiger partial charge in [0.05, 0.1) is 18.2 Å². The van der Waals surface area contributed by atoms with Crippen molar-refractivity contribution in [2.45, 2.75) is 25.7 Å². The number of hydrogen-bond acceptors (Lipinski definition) is 3. The molecule has 0 radical (unpaired) electrons. The van der Waals surface area contributed by atoms with Gasteiger partial charge in [0, 0.05) is 13.1 Å². The molecule has 0 aliphatic rings. The van der Waals surface area contributed by atoms with Crippen LogP contribution in [0.25, 0.3) is 0 Å². The summed E-state index contributed by atoms with van der Waals surface area (Å²) < 4.78 is 3.18. The Morgan fingerprint density at radius 1 is 0.690 bits per heavy atom. The van der Waals surface area contributed by atoms with Gasteiger partial charge in [0.25, 0.3) is 11.8 Å². The summed E-state index contributed by atoms with van der Waals surface area (Å²) >= 11 is 13.3. The normalized spacial score (nSPS) is 10.9. The second kappa shape index (κ2) is 12.9. The molecule has 0 aromatic carbocycles. The number of carbonyl (C=O) groups is 2. The fourth-order valence-electron chi connectivity index (χ4n) is 2.54. The summed E-state index contributed by atoms with van der Waals surface area (Å²) in [5, 5.41) is 9.16. The Kier molecular flexibility index (Phi) is 11.0. The summed E-state index contributed by atoms with van der Waals surface area (Å²) in [5.41, 5.74) is 1.06. The van der Waals surface area contributed by atoms with Crippen LogP contribution >= 0.6 is 63.7 Å². The number of aromatic amines is 2. The molecule has 0 saturated heterocycles.